The molecule has 0 heterocycles. The maximum absolute atomic E-state index is 14.1. The highest BCUT2D eigenvalue weighted by Crippen LogP contribution is 2.53. The van der Waals surface area contributed by atoms with Crippen molar-refractivity contribution in [2.75, 3.05) is 0 Å². The SMILES string of the molecule is OC1c2c(SC(F)(F)F)ccc(OC3CCCc4ccccc43)c2CC1(F)F. The Kier molecular flexibility index (Phi) is 4.82. The Hall–Kier alpha value is -1.80. The standard InChI is InChI=1S/C20H17F5O2S/c21-19(22)10-13-15(8-9-16(17(13)18(19)26)28-20(23,24)25)27-14-7-3-5-11-4-1-2-6-12(11)14/h1-2,4,6,8-9,14,18,26H,3,5,7,10H2. The minimum absolute atomic E-state index is 0.0465. The maximum Gasteiger partial charge on any atom is 0.446 e. The zero-order valence-electron chi connectivity index (χ0n) is 14.6. The average Bonchev–Trinajstić information content (AvgIpc) is 2.86. The second kappa shape index (κ2) is 6.91. The second-order valence-electron chi connectivity index (χ2n) is 7.04. The maximum atomic E-state index is 14.1. The first-order valence-electron chi connectivity index (χ1n) is 8.87. The predicted molar refractivity (Wildman–Crippen MR) is 94.7 cm³/mol. The normalized spacial score (nSPS) is 23.2. The number of hydrogen-bond donors (Lipinski definition) is 1. The third-order valence-corrected chi connectivity index (χ3v) is 5.98. The second-order valence-corrected chi connectivity index (χ2v) is 8.15. The molecule has 0 amide bonds. The van der Waals surface area contributed by atoms with Crippen molar-refractivity contribution in [2.24, 2.45) is 0 Å². The van der Waals surface area contributed by atoms with E-state index in [-0.39, 0.29) is 23.0 Å². The topological polar surface area (TPSA) is 29.5 Å². The van der Waals surface area contributed by atoms with E-state index in [1.807, 2.05) is 24.3 Å². The van der Waals surface area contributed by atoms with Crippen LogP contribution in [0.4, 0.5) is 22.0 Å². The number of alkyl halides is 5. The van der Waals surface area contributed by atoms with Crippen molar-refractivity contribution in [1.82, 2.24) is 0 Å². The quantitative estimate of drug-likeness (QED) is 0.493. The van der Waals surface area contributed by atoms with E-state index in [2.05, 4.69) is 0 Å². The van der Waals surface area contributed by atoms with E-state index in [1.165, 1.54) is 6.07 Å². The monoisotopic (exact) mass is 416 g/mol. The fourth-order valence-corrected chi connectivity index (χ4v) is 4.69. The number of aryl methyl sites for hydroxylation is 1. The summed E-state index contributed by atoms with van der Waals surface area (Å²) in [7, 11) is 0. The van der Waals surface area contributed by atoms with Gasteiger partial charge in [0.25, 0.3) is 5.92 Å². The molecule has 2 nitrogen and oxygen atoms in total. The van der Waals surface area contributed by atoms with Crippen LogP contribution in [0.2, 0.25) is 0 Å². The van der Waals surface area contributed by atoms with E-state index in [0.29, 0.717) is 6.42 Å². The summed E-state index contributed by atoms with van der Waals surface area (Å²) >= 11 is -0.495. The molecule has 1 N–H and O–H groups in total. The molecule has 2 unspecified atom stereocenters. The molecule has 0 aliphatic heterocycles. The van der Waals surface area contributed by atoms with Gasteiger partial charge in [0.2, 0.25) is 0 Å². The molecule has 2 atom stereocenters. The number of fused-ring (bicyclic) bond motifs is 2. The van der Waals surface area contributed by atoms with E-state index >= 15 is 0 Å². The van der Waals surface area contributed by atoms with Gasteiger partial charge in [-0.25, -0.2) is 8.78 Å². The van der Waals surface area contributed by atoms with Crippen LogP contribution in [-0.2, 0) is 12.8 Å². The van der Waals surface area contributed by atoms with Crippen molar-refractivity contribution in [3.63, 3.8) is 0 Å². The summed E-state index contributed by atoms with van der Waals surface area (Å²) in [5, 5.41) is 9.99. The first-order valence-corrected chi connectivity index (χ1v) is 9.69. The van der Waals surface area contributed by atoms with Crippen molar-refractivity contribution in [1.29, 1.82) is 0 Å². The van der Waals surface area contributed by atoms with Gasteiger partial charge in [-0.1, -0.05) is 24.3 Å². The van der Waals surface area contributed by atoms with Crippen LogP contribution in [0.5, 0.6) is 5.75 Å². The molecule has 2 aliphatic rings. The average molecular weight is 416 g/mol. The molecule has 150 valence electrons. The highest BCUT2D eigenvalue weighted by Gasteiger charge is 2.50. The number of hydrogen-bond acceptors (Lipinski definition) is 3. The summed E-state index contributed by atoms with van der Waals surface area (Å²) in [6.45, 7) is 0. The minimum Gasteiger partial charge on any atom is -0.485 e. The molecule has 2 aromatic carbocycles. The van der Waals surface area contributed by atoms with E-state index in [0.717, 1.165) is 30.0 Å². The molecule has 0 fully saturated rings. The largest absolute Gasteiger partial charge is 0.485 e. The van der Waals surface area contributed by atoms with Gasteiger partial charge in [0, 0.05) is 22.4 Å². The Morgan fingerprint density at radius 1 is 1.11 bits per heavy atom. The minimum atomic E-state index is -4.64. The Morgan fingerprint density at radius 2 is 1.86 bits per heavy atom. The molecule has 4 rings (SSSR count). The summed E-state index contributed by atoms with van der Waals surface area (Å²) in [5.74, 6) is -3.42. The summed E-state index contributed by atoms with van der Waals surface area (Å²) < 4.78 is 72.8. The van der Waals surface area contributed by atoms with Crippen molar-refractivity contribution in [3.8, 4) is 5.75 Å². The smallest absolute Gasteiger partial charge is 0.446 e. The van der Waals surface area contributed by atoms with E-state index in [4.69, 9.17) is 4.74 Å². The molecule has 2 aromatic rings. The van der Waals surface area contributed by atoms with Crippen molar-refractivity contribution < 1.29 is 31.8 Å². The Morgan fingerprint density at radius 3 is 2.61 bits per heavy atom. The van der Waals surface area contributed by atoms with Gasteiger partial charge in [-0.15, -0.1) is 0 Å². The van der Waals surface area contributed by atoms with Crippen LogP contribution in [0, 0.1) is 0 Å². The van der Waals surface area contributed by atoms with Crippen LogP contribution < -0.4 is 4.74 Å². The molecule has 2 aliphatic carbocycles. The zero-order valence-corrected chi connectivity index (χ0v) is 15.4. The molecule has 0 aromatic heterocycles. The molecule has 0 saturated carbocycles. The van der Waals surface area contributed by atoms with E-state index in [9.17, 15) is 27.1 Å². The van der Waals surface area contributed by atoms with E-state index < -0.39 is 40.6 Å². The summed E-state index contributed by atoms with van der Waals surface area (Å²) in [6, 6.07) is 10.1. The van der Waals surface area contributed by atoms with Crippen LogP contribution >= 0.6 is 11.8 Å². The van der Waals surface area contributed by atoms with Crippen LogP contribution in [0.3, 0.4) is 0 Å². The molecule has 0 bridgehead atoms. The molecular weight excluding hydrogens is 399 g/mol. The molecule has 0 radical (unpaired) electrons. The Bertz CT molecular complexity index is 897. The van der Waals surface area contributed by atoms with Gasteiger partial charge in [-0.05, 0) is 54.3 Å². The van der Waals surface area contributed by atoms with Crippen molar-refractivity contribution in [2.45, 2.75) is 54.2 Å². The summed E-state index contributed by atoms with van der Waals surface area (Å²) in [6.07, 6.45) is -1.05. The van der Waals surface area contributed by atoms with Crippen LogP contribution in [0.15, 0.2) is 41.3 Å². The molecule has 0 saturated heterocycles. The number of thioether (sulfide) groups is 1. The van der Waals surface area contributed by atoms with Crippen LogP contribution in [0.1, 0.15) is 47.3 Å². The Labute approximate surface area is 162 Å². The van der Waals surface area contributed by atoms with Crippen LogP contribution in [-0.4, -0.2) is 16.5 Å². The van der Waals surface area contributed by atoms with Gasteiger partial charge >= 0.3 is 5.51 Å². The lowest BCUT2D eigenvalue weighted by atomic mass is 9.89. The highest BCUT2D eigenvalue weighted by molar-refractivity contribution is 8.00. The molecular formula is C20H17F5O2S. The number of rotatable bonds is 3. The first-order chi connectivity index (χ1) is 13.2. The number of benzene rings is 2. The van der Waals surface area contributed by atoms with Gasteiger partial charge in [-0.3, -0.25) is 0 Å². The summed E-state index contributed by atoms with van der Waals surface area (Å²) in [5.41, 5.74) is -2.99. The van der Waals surface area contributed by atoms with Gasteiger partial charge in [0.1, 0.15) is 18.0 Å². The van der Waals surface area contributed by atoms with Crippen LogP contribution in [0.25, 0.3) is 0 Å². The number of halogens is 5. The van der Waals surface area contributed by atoms with Gasteiger partial charge in [0.05, 0.1) is 0 Å². The fourth-order valence-electron chi connectivity index (χ4n) is 3.96. The third kappa shape index (κ3) is 3.59. The molecule has 8 heteroatoms. The summed E-state index contributed by atoms with van der Waals surface area (Å²) in [4.78, 5) is -0.413. The third-order valence-electron chi connectivity index (χ3n) is 5.17. The fraction of sp³-hybridized carbons (Fsp3) is 0.400. The van der Waals surface area contributed by atoms with Crippen molar-refractivity contribution in [3.05, 3.63) is 58.7 Å². The van der Waals surface area contributed by atoms with Gasteiger partial charge < -0.3 is 9.84 Å². The molecule has 0 spiro atoms. The lowest BCUT2D eigenvalue weighted by Crippen LogP contribution is -2.21. The number of ether oxygens (including phenoxy) is 1. The lowest BCUT2D eigenvalue weighted by molar-refractivity contribution is -0.0977. The lowest BCUT2D eigenvalue weighted by Gasteiger charge is -2.27. The number of aliphatic hydroxyl groups is 1. The first kappa shape index (κ1) is 19.5. The zero-order chi connectivity index (χ0) is 20.1. The van der Waals surface area contributed by atoms with Gasteiger partial charge in [0.15, 0.2) is 0 Å². The molecule has 28 heavy (non-hydrogen) atoms. The van der Waals surface area contributed by atoms with E-state index in [1.54, 1.807) is 0 Å². The predicted octanol–water partition coefficient (Wildman–Crippen LogP) is 5.98. The number of aliphatic hydroxyl groups excluding tert-OH is 1. The van der Waals surface area contributed by atoms with Gasteiger partial charge in [-0.2, -0.15) is 13.2 Å². The highest BCUT2D eigenvalue weighted by atomic mass is 32.2. The Balaban J connectivity index is 1.72. The van der Waals surface area contributed by atoms with Crippen molar-refractivity contribution >= 4 is 11.8 Å².